The molecule has 104 valence electrons. The van der Waals surface area contributed by atoms with Gasteiger partial charge in [0.05, 0.1) is 6.61 Å². The second-order valence-corrected chi connectivity index (χ2v) is 4.67. The highest BCUT2D eigenvalue weighted by atomic mass is 32.1. The van der Waals surface area contributed by atoms with Gasteiger partial charge in [-0.1, -0.05) is 48.6 Å². The van der Waals surface area contributed by atoms with Crippen molar-refractivity contribution in [2.45, 2.75) is 13.5 Å². The fourth-order valence-electron chi connectivity index (χ4n) is 1.77. The SMILES string of the molecule is CCOc1ccccc1OCc1ccc(C(N)=S)cc1. The van der Waals surface area contributed by atoms with Crippen molar-refractivity contribution in [1.82, 2.24) is 0 Å². The van der Waals surface area contributed by atoms with Crippen molar-refractivity contribution in [3.63, 3.8) is 0 Å². The molecule has 0 bridgehead atoms. The number of hydrogen-bond acceptors (Lipinski definition) is 3. The zero-order valence-corrected chi connectivity index (χ0v) is 12.2. The maximum Gasteiger partial charge on any atom is 0.161 e. The molecule has 0 unspecified atom stereocenters. The van der Waals surface area contributed by atoms with E-state index in [9.17, 15) is 0 Å². The van der Waals surface area contributed by atoms with Gasteiger partial charge >= 0.3 is 0 Å². The molecule has 2 rings (SSSR count). The van der Waals surface area contributed by atoms with Crippen LogP contribution in [0.15, 0.2) is 48.5 Å². The number of hydrogen-bond donors (Lipinski definition) is 1. The van der Waals surface area contributed by atoms with Crippen LogP contribution in [0.5, 0.6) is 11.5 Å². The highest BCUT2D eigenvalue weighted by Crippen LogP contribution is 2.27. The van der Waals surface area contributed by atoms with Crippen molar-refractivity contribution in [3.05, 3.63) is 59.7 Å². The fourth-order valence-corrected chi connectivity index (χ4v) is 1.91. The van der Waals surface area contributed by atoms with Gasteiger partial charge in [-0.25, -0.2) is 0 Å². The molecule has 0 aliphatic rings. The summed E-state index contributed by atoms with van der Waals surface area (Å²) in [5.74, 6) is 1.50. The third-order valence-electron chi connectivity index (χ3n) is 2.78. The lowest BCUT2D eigenvalue weighted by atomic mass is 10.1. The third kappa shape index (κ3) is 3.71. The molecule has 0 aromatic heterocycles. The number of rotatable bonds is 6. The lowest BCUT2D eigenvalue weighted by Crippen LogP contribution is -2.09. The molecule has 0 fully saturated rings. The minimum Gasteiger partial charge on any atom is -0.490 e. The van der Waals surface area contributed by atoms with Crippen molar-refractivity contribution >= 4 is 17.2 Å². The zero-order valence-electron chi connectivity index (χ0n) is 11.3. The standard InChI is InChI=1S/C16H17NO2S/c1-2-18-14-5-3-4-6-15(14)19-11-12-7-9-13(10-8-12)16(17)20/h3-10H,2,11H2,1H3,(H2,17,20). The van der Waals surface area contributed by atoms with Crippen LogP contribution in [0.3, 0.4) is 0 Å². The third-order valence-corrected chi connectivity index (χ3v) is 3.02. The molecule has 3 nitrogen and oxygen atoms in total. The average molecular weight is 287 g/mol. The Labute approximate surface area is 124 Å². The summed E-state index contributed by atoms with van der Waals surface area (Å²) in [4.78, 5) is 0.402. The molecule has 0 aliphatic heterocycles. The van der Waals surface area contributed by atoms with Crippen LogP contribution in [0.4, 0.5) is 0 Å². The van der Waals surface area contributed by atoms with Gasteiger partial charge in [0.15, 0.2) is 11.5 Å². The second-order valence-electron chi connectivity index (χ2n) is 4.23. The molecule has 0 spiro atoms. The summed E-state index contributed by atoms with van der Waals surface area (Å²) in [6.45, 7) is 3.04. The normalized spacial score (nSPS) is 10.1. The molecular formula is C16H17NO2S. The predicted molar refractivity (Wildman–Crippen MR) is 84.3 cm³/mol. The van der Waals surface area contributed by atoms with Gasteiger partial charge in [0, 0.05) is 5.56 Å². The molecule has 4 heteroatoms. The highest BCUT2D eigenvalue weighted by molar-refractivity contribution is 7.80. The molecule has 2 aromatic rings. The summed E-state index contributed by atoms with van der Waals surface area (Å²) in [6, 6.07) is 15.4. The Morgan fingerprint density at radius 2 is 1.60 bits per heavy atom. The number of ether oxygens (including phenoxy) is 2. The van der Waals surface area contributed by atoms with E-state index in [2.05, 4.69) is 0 Å². The maximum absolute atomic E-state index is 5.79. The number of para-hydroxylation sites is 2. The first-order valence-corrected chi connectivity index (χ1v) is 6.85. The Morgan fingerprint density at radius 1 is 1.00 bits per heavy atom. The van der Waals surface area contributed by atoms with E-state index in [1.807, 2.05) is 55.5 Å². The second kappa shape index (κ2) is 6.91. The summed E-state index contributed by atoms with van der Waals surface area (Å²) < 4.78 is 11.3. The first kappa shape index (κ1) is 14.3. The van der Waals surface area contributed by atoms with E-state index in [-0.39, 0.29) is 0 Å². The smallest absolute Gasteiger partial charge is 0.161 e. The maximum atomic E-state index is 5.79. The van der Waals surface area contributed by atoms with E-state index in [0.29, 0.717) is 18.2 Å². The molecule has 0 amide bonds. The first-order valence-electron chi connectivity index (χ1n) is 6.44. The summed E-state index contributed by atoms with van der Waals surface area (Å²) >= 11 is 4.92. The Morgan fingerprint density at radius 3 is 2.15 bits per heavy atom. The minimum absolute atomic E-state index is 0.402. The molecule has 20 heavy (non-hydrogen) atoms. The van der Waals surface area contributed by atoms with Gasteiger partial charge in [-0.2, -0.15) is 0 Å². The topological polar surface area (TPSA) is 44.5 Å². The first-order chi connectivity index (χ1) is 9.70. The Balaban J connectivity index is 2.03. The Hall–Kier alpha value is -2.07. The van der Waals surface area contributed by atoms with Gasteiger partial charge < -0.3 is 15.2 Å². The summed E-state index contributed by atoms with van der Waals surface area (Å²) in [5.41, 5.74) is 7.48. The quantitative estimate of drug-likeness (QED) is 0.828. The van der Waals surface area contributed by atoms with Gasteiger partial charge in [-0.3, -0.25) is 0 Å². The molecule has 0 aliphatic carbocycles. The lowest BCUT2D eigenvalue weighted by molar-refractivity contribution is 0.269. The van der Waals surface area contributed by atoms with Crippen LogP contribution in [0.25, 0.3) is 0 Å². The average Bonchev–Trinajstić information content (AvgIpc) is 2.47. The van der Waals surface area contributed by atoms with Gasteiger partial charge in [0.1, 0.15) is 11.6 Å². The van der Waals surface area contributed by atoms with Crippen molar-refractivity contribution < 1.29 is 9.47 Å². The van der Waals surface area contributed by atoms with Crippen LogP contribution in [0.1, 0.15) is 18.1 Å². The van der Waals surface area contributed by atoms with Crippen LogP contribution in [0.2, 0.25) is 0 Å². The van der Waals surface area contributed by atoms with Crippen LogP contribution >= 0.6 is 12.2 Å². The van der Waals surface area contributed by atoms with E-state index in [1.54, 1.807) is 0 Å². The molecule has 0 atom stereocenters. The van der Waals surface area contributed by atoms with Gasteiger partial charge in [-0.05, 0) is 24.6 Å². The van der Waals surface area contributed by atoms with Crippen LogP contribution < -0.4 is 15.2 Å². The van der Waals surface area contributed by atoms with Gasteiger partial charge in [-0.15, -0.1) is 0 Å². The monoisotopic (exact) mass is 287 g/mol. The van der Waals surface area contributed by atoms with Crippen molar-refractivity contribution in [2.24, 2.45) is 5.73 Å². The summed E-state index contributed by atoms with van der Waals surface area (Å²) in [5, 5.41) is 0. The van der Waals surface area contributed by atoms with E-state index < -0.39 is 0 Å². The van der Waals surface area contributed by atoms with Gasteiger partial charge in [0.25, 0.3) is 0 Å². The number of nitrogens with two attached hydrogens (primary N) is 1. The molecule has 0 radical (unpaired) electrons. The number of benzene rings is 2. The van der Waals surface area contributed by atoms with Crippen molar-refractivity contribution in [1.29, 1.82) is 0 Å². The molecule has 0 heterocycles. The summed E-state index contributed by atoms with van der Waals surface area (Å²) in [7, 11) is 0. The van der Waals surface area contributed by atoms with Crippen LogP contribution in [-0.2, 0) is 6.61 Å². The van der Waals surface area contributed by atoms with Crippen molar-refractivity contribution in [3.8, 4) is 11.5 Å². The van der Waals surface area contributed by atoms with Crippen LogP contribution in [0, 0.1) is 0 Å². The van der Waals surface area contributed by atoms with E-state index in [0.717, 1.165) is 22.6 Å². The molecule has 0 saturated heterocycles. The van der Waals surface area contributed by atoms with Gasteiger partial charge in [0.2, 0.25) is 0 Å². The predicted octanol–water partition coefficient (Wildman–Crippen LogP) is 3.30. The Bertz CT molecular complexity index is 581. The largest absolute Gasteiger partial charge is 0.490 e. The van der Waals surface area contributed by atoms with E-state index in [1.165, 1.54) is 0 Å². The van der Waals surface area contributed by atoms with E-state index in [4.69, 9.17) is 27.4 Å². The van der Waals surface area contributed by atoms with Crippen molar-refractivity contribution in [2.75, 3.05) is 6.61 Å². The lowest BCUT2D eigenvalue weighted by Gasteiger charge is -2.11. The Kier molecular flexibility index (Phi) is 4.96. The minimum atomic E-state index is 0.402. The number of thiocarbonyl (C=S) groups is 1. The van der Waals surface area contributed by atoms with Crippen LogP contribution in [-0.4, -0.2) is 11.6 Å². The fraction of sp³-hybridized carbons (Fsp3) is 0.188. The molecule has 2 aromatic carbocycles. The summed E-state index contributed by atoms with van der Waals surface area (Å²) in [6.07, 6.45) is 0. The highest BCUT2D eigenvalue weighted by Gasteiger charge is 2.04. The molecule has 0 saturated carbocycles. The van der Waals surface area contributed by atoms with E-state index >= 15 is 0 Å². The zero-order chi connectivity index (χ0) is 14.4. The molecule has 2 N–H and O–H groups in total. The molecular weight excluding hydrogens is 270 g/mol.